The maximum absolute atomic E-state index is 12.6. The number of aliphatic carboxylic acids is 1. The van der Waals surface area contributed by atoms with Crippen molar-refractivity contribution >= 4 is 21.9 Å². The van der Waals surface area contributed by atoms with Gasteiger partial charge in [-0.05, 0) is 44.0 Å². The molecule has 1 atom stereocenters. The minimum Gasteiger partial charge on any atom is -0.497 e. The van der Waals surface area contributed by atoms with Gasteiger partial charge in [-0.1, -0.05) is 0 Å². The molecule has 25 heavy (non-hydrogen) atoms. The van der Waals surface area contributed by atoms with Crippen molar-refractivity contribution in [3.05, 3.63) is 24.3 Å². The van der Waals surface area contributed by atoms with Gasteiger partial charge >= 0.3 is 5.97 Å². The molecule has 0 radical (unpaired) electrons. The Labute approximate surface area is 146 Å². The van der Waals surface area contributed by atoms with Gasteiger partial charge in [0.15, 0.2) is 0 Å². The molecule has 1 aliphatic rings. The Kier molecular flexibility index (Phi) is 6.02. The number of methoxy groups -OCH3 is 1. The summed E-state index contributed by atoms with van der Waals surface area (Å²) in [5.74, 6) is -1.27. The van der Waals surface area contributed by atoms with Crippen molar-refractivity contribution in [2.24, 2.45) is 5.92 Å². The second-order valence-corrected chi connectivity index (χ2v) is 7.86. The standard InChI is InChI=1S/C16H22N2O6S/c1-11(16(20)21)17-15(19)12-7-9-18(10-8-12)25(22,23)14-5-3-13(24-2)4-6-14/h3-6,11-12H,7-10H2,1-2H3,(H,17,19)(H,20,21)/t11-/m1/s1. The molecule has 9 heteroatoms. The zero-order valence-corrected chi connectivity index (χ0v) is 15.0. The largest absolute Gasteiger partial charge is 0.497 e. The first-order chi connectivity index (χ1) is 11.8. The summed E-state index contributed by atoms with van der Waals surface area (Å²) < 4.78 is 31.6. The van der Waals surface area contributed by atoms with Crippen LogP contribution in [0, 0.1) is 5.92 Å². The van der Waals surface area contributed by atoms with Gasteiger partial charge in [-0.15, -0.1) is 0 Å². The number of amides is 1. The van der Waals surface area contributed by atoms with Gasteiger partial charge in [-0.25, -0.2) is 8.42 Å². The number of carbonyl (C=O) groups is 2. The van der Waals surface area contributed by atoms with Gasteiger partial charge < -0.3 is 15.2 Å². The number of nitrogens with one attached hydrogen (secondary N) is 1. The molecule has 1 fully saturated rings. The summed E-state index contributed by atoms with van der Waals surface area (Å²) in [6.45, 7) is 1.82. The molecule has 1 aliphatic heterocycles. The van der Waals surface area contributed by atoms with Crippen LogP contribution in [0.2, 0.25) is 0 Å². The monoisotopic (exact) mass is 370 g/mol. The van der Waals surface area contributed by atoms with Gasteiger partial charge in [0, 0.05) is 19.0 Å². The number of piperidine rings is 1. The molecule has 1 amide bonds. The van der Waals surface area contributed by atoms with Crippen LogP contribution in [0.3, 0.4) is 0 Å². The highest BCUT2D eigenvalue weighted by molar-refractivity contribution is 7.89. The van der Waals surface area contributed by atoms with Crippen LogP contribution in [0.25, 0.3) is 0 Å². The highest BCUT2D eigenvalue weighted by atomic mass is 32.2. The second-order valence-electron chi connectivity index (χ2n) is 5.92. The van der Waals surface area contributed by atoms with Gasteiger partial charge in [0.2, 0.25) is 15.9 Å². The zero-order chi connectivity index (χ0) is 18.6. The molecule has 0 unspecified atom stereocenters. The third-order valence-electron chi connectivity index (χ3n) is 4.25. The van der Waals surface area contributed by atoms with E-state index in [0.29, 0.717) is 18.6 Å². The number of benzene rings is 1. The molecule has 0 saturated carbocycles. The number of carboxylic acids is 1. The summed E-state index contributed by atoms with van der Waals surface area (Å²) in [7, 11) is -2.12. The summed E-state index contributed by atoms with van der Waals surface area (Å²) in [5.41, 5.74) is 0. The summed E-state index contributed by atoms with van der Waals surface area (Å²) in [6, 6.07) is 5.18. The van der Waals surface area contributed by atoms with Crippen LogP contribution in [0.1, 0.15) is 19.8 Å². The first-order valence-electron chi connectivity index (χ1n) is 7.93. The molecule has 1 heterocycles. The lowest BCUT2D eigenvalue weighted by atomic mass is 9.97. The average molecular weight is 370 g/mol. The van der Waals surface area contributed by atoms with E-state index in [1.807, 2.05) is 0 Å². The number of carbonyl (C=O) groups excluding carboxylic acids is 1. The van der Waals surface area contributed by atoms with E-state index >= 15 is 0 Å². The summed E-state index contributed by atoms with van der Waals surface area (Å²) in [6.07, 6.45) is 0.709. The molecule has 2 rings (SSSR count). The molecule has 2 N–H and O–H groups in total. The maximum atomic E-state index is 12.6. The molecule has 8 nitrogen and oxygen atoms in total. The van der Waals surface area contributed by atoms with Crippen molar-refractivity contribution in [1.82, 2.24) is 9.62 Å². The Morgan fingerprint density at radius 3 is 2.28 bits per heavy atom. The Balaban J connectivity index is 1.98. The molecule has 0 spiro atoms. The van der Waals surface area contributed by atoms with Crippen LogP contribution in [0.5, 0.6) is 5.75 Å². The topological polar surface area (TPSA) is 113 Å². The lowest BCUT2D eigenvalue weighted by molar-refractivity contribution is -0.142. The minimum atomic E-state index is -3.62. The van der Waals surface area contributed by atoms with Crippen LogP contribution in [-0.2, 0) is 19.6 Å². The fourth-order valence-electron chi connectivity index (χ4n) is 2.65. The number of hydrogen-bond acceptors (Lipinski definition) is 5. The first-order valence-corrected chi connectivity index (χ1v) is 9.37. The number of ether oxygens (including phenoxy) is 1. The normalized spacial score (nSPS) is 17.7. The fourth-order valence-corrected chi connectivity index (χ4v) is 4.12. The molecule has 0 aliphatic carbocycles. The molecule has 138 valence electrons. The lowest BCUT2D eigenvalue weighted by Gasteiger charge is -2.30. The van der Waals surface area contributed by atoms with E-state index in [1.165, 1.54) is 30.5 Å². The van der Waals surface area contributed by atoms with Crippen LogP contribution in [-0.4, -0.2) is 55.9 Å². The van der Waals surface area contributed by atoms with E-state index in [4.69, 9.17) is 9.84 Å². The fraction of sp³-hybridized carbons (Fsp3) is 0.500. The Morgan fingerprint density at radius 2 is 1.80 bits per heavy atom. The van der Waals surface area contributed by atoms with E-state index < -0.39 is 22.0 Å². The number of hydrogen-bond donors (Lipinski definition) is 2. The Hall–Kier alpha value is -2.13. The van der Waals surface area contributed by atoms with E-state index in [0.717, 1.165) is 0 Å². The highest BCUT2D eigenvalue weighted by Crippen LogP contribution is 2.25. The van der Waals surface area contributed by atoms with E-state index in [9.17, 15) is 18.0 Å². The molecular formula is C16H22N2O6S. The molecule has 0 bridgehead atoms. The highest BCUT2D eigenvalue weighted by Gasteiger charge is 2.32. The van der Waals surface area contributed by atoms with Gasteiger partial charge in [0.25, 0.3) is 0 Å². The number of rotatable bonds is 6. The molecule has 0 aromatic heterocycles. The zero-order valence-electron chi connectivity index (χ0n) is 14.1. The van der Waals surface area contributed by atoms with E-state index in [1.54, 1.807) is 12.1 Å². The third-order valence-corrected chi connectivity index (χ3v) is 6.16. The summed E-state index contributed by atoms with van der Waals surface area (Å²) >= 11 is 0. The average Bonchev–Trinajstić information content (AvgIpc) is 2.61. The van der Waals surface area contributed by atoms with Crippen molar-refractivity contribution in [1.29, 1.82) is 0 Å². The van der Waals surface area contributed by atoms with Crippen molar-refractivity contribution in [2.45, 2.75) is 30.7 Å². The van der Waals surface area contributed by atoms with Crippen molar-refractivity contribution < 1.29 is 27.9 Å². The predicted molar refractivity (Wildman–Crippen MR) is 89.7 cm³/mol. The first kappa shape index (κ1) is 19.2. The van der Waals surface area contributed by atoms with Crippen LogP contribution in [0.4, 0.5) is 0 Å². The van der Waals surface area contributed by atoms with Gasteiger partial charge in [-0.2, -0.15) is 4.31 Å². The second kappa shape index (κ2) is 7.83. The number of sulfonamides is 1. The quantitative estimate of drug-likeness (QED) is 0.762. The number of carboxylic acid groups (broad SMARTS) is 1. The van der Waals surface area contributed by atoms with Crippen LogP contribution >= 0.6 is 0 Å². The SMILES string of the molecule is COc1ccc(S(=O)(=O)N2CCC(C(=O)N[C@H](C)C(=O)O)CC2)cc1. The molecule has 1 saturated heterocycles. The Bertz CT molecular complexity index is 723. The lowest BCUT2D eigenvalue weighted by Crippen LogP contribution is -2.46. The third kappa shape index (κ3) is 4.49. The van der Waals surface area contributed by atoms with Crippen molar-refractivity contribution in [2.75, 3.05) is 20.2 Å². The van der Waals surface area contributed by atoms with E-state index in [-0.39, 0.29) is 29.8 Å². The van der Waals surface area contributed by atoms with Crippen molar-refractivity contribution in [3.63, 3.8) is 0 Å². The van der Waals surface area contributed by atoms with Gasteiger partial charge in [-0.3, -0.25) is 9.59 Å². The van der Waals surface area contributed by atoms with E-state index in [2.05, 4.69) is 5.32 Å². The van der Waals surface area contributed by atoms with Gasteiger partial charge in [0.05, 0.1) is 12.0 Å². The molecular weight excluding hydrogens is 348 g/mol. The van der Waals surface area contributed by atoms with Crippen LogP contribution < -0.4 is 10.1 Å². The molecule has 1 aromatic rings. The predicted octanol–water partition coefficient (Wildman–Crippen LogP) is 0.685. The minimum absolute atomic E-state index is 0.177. The summed E-state index contributed by atoms with van der Waals surface area (Å²) in [4.78, 5) is 23.0. The smallest absolute Gasteiger partial charge is 0.325 e. The Morgan fingerprint density at radius 1 is 1.24 bits per heavy atom. The van der Waals surface area contributed by atoms with Crippen LogP contribution in [0.15, 0.2) is 29.2 Å². The van der Waals surface area contributed by atoms with Crippen molar-refractivity contribution in [3.8, 4) is 5.75 Å². The molecule has 1 aromatic carbocycles. The number of nitrogens with zero attached hydrogens (tertiary/aromatic N) is 1. The summed E-state index contributed by atoms with van der Waals surface area (Å²) in [5, 5.41) is 11.3. The maximum Gasteiger partial charge on any atom is 0.325 e. The van der Waals surface area contributed by atoms with Gasteiger partial charge in [0.1, 0.15) is 11.8 Å².